The zero-order valence-corrected chi connectivity index (χ0v) is 15.4. The minimum atomic E-state index is 0. The molecule has 1 amide bonds. The molecule has 1 aliphatic carbocycles. The van der Waals surface area contributed by atoms with Gasteiger partial charge in [-0.25, -0.2) is 0 Å². The molecule has 5 heteroatoms. The summed E-state index contributed by atoms with van der Waals surface area (Å²) in [6.45, 7) is 2.44. The van der Waals surface area contributed by atoms with Gasteiger partial charge in [-0.3, -0.25) is 4.79 Å². The Bertz CT molecular complexity index is 544. The molecule has 1 saturated carbocycles. The number of fused-ring (bicyclic) bond motifs is 1. The molecule has 0 bridgehead atoms. The number of nitrogens with one attached hydrogen (secondary N) is 1. The van der Waals surface area contributed by atoms with Gasteiger partial charge in [-0.15, -0.1) is 12.4 Å². The number of hydrogen-bond donors (Lipinski definition) is 1. The molecular formula is C19H29ClN2O2. The Morgan fingerprint density at radius 3 is 2.88 bits per heavy atom. The lowest BCUT2D eigenvalue weighted by molar-refractivity contribution is -0.134. The van der Waals surface area contributed by atoms with Gasteiger partial charge in [0.1, 0.15) is 5.75 Å². The summed E-state index contributed by atoms with van der Waals surface area (Å²) in [7, 11) is 1.94. The van der Waals surface area contributed by atoms with Crippen LogP contribution in [-0.4, -0.2) is 37.0 Å². The average molecular weight is 353 g/mol. The number of carbonyl (C=O) groups excluding carboxylic acids is 1. The molecule has 0 unspecified atom stereocenters. The predicted molar refractivity (Wildman–Crippen MR) is 98.9 cm³/mol. The summed E-state index contributed by atoms with van der Waals surface area (Å²) >= 11 is 0. The third-order valence-electron chi connectivity index (χ3n) is 5.01. The number of benzene rings is 1. The predicted octanol–water partition coefficient (Wildman–Crippen LogP) is 3.31. The summed E-state index contributed by atoms with van der Waals surface area (Å²) in [5.74, 6) is 1.32. The maximum Gasteiger partial charge on any atom is 0.223 e. The van der Waals surface area contributed by atoms with E-state index in [1.165, 1.54) is 24.0 Å². The summed E-state index contributed by atoms with van der Waals surface area (Å²) in [6, 6.07) is 6.84. The normalized spacial score (nSPS) is 16.4. The van der Waals surface area contributed by atoms with E-state index in [4.69, 9.17) is 4.74 Å². The van der Waals surface area contributed by atoms with Gasteiger partial charge in [0.25, 0.3) is 0 Å². The molecule has 1 aromatic carbocycles. The van der Waals surface area contributed by atoms with E-state index in [0.29, 0.717) is 18.4 Å². The highest BCUT2D eigenvalue weighted by atomic mass is 35.5. The minimum absolute atomic E-state index is 0. The third-order valence-corrected chi connectivity index (χ3v) is 5.01. The fourth-order valence-electron chi connectivity index (χ4n) is 3.73. The topological polar surface area (TPSA) is 41.6 Å². The highest BCUT2D eigenvalue weighted by Gasteiger charge is 2.26. The van der Waals surface area contributed by atoms with Crippen molar-refractivity contribution in [1.29, 1.82) is 0 Å². The minimum Gasteiger partial charge on any atom is -0.493 e. The van der Waals surface area contributed by atoms with Crippen molar-refractivity contribution in [2.45, 2.75) is 57.5 Å². The van der Waals surface area contributed by atoms with Crippen molar-refractivity contribution in [3.63, 3.8) is 0 Å². The molecule has 1 aromatic rings. The van der Waals surface area contributed by atoms with Crippen LogP contribution < -0.4 is 10.1 Å². The lowest BCUT2D eigenvalue weighted by Gasteiger charge is -2.29. The summed E-state index contributed by atoms with van der Waals surface area (Å²) in [6.07, 6.45) is 7.37. The fourth-order valence-corrected chi connectivity index (χ4v) is 3.73. The second kappa shape index (κ2) is 9.28. The second-order valence-corrected chi connectivity index (χ2v) is 6.71. The Balaban J connectivity index is 0.00000208. The highest BCUT2D eigenvalue weighted by molar-refractivity contribution is 5.85. The van der Waals surface area contributed by atoms with Gasteiger partial charge in [-0.2, -0.15) is 0 Å². The van der Waals surface area contributed by atoms with Gasteiger partial charge >= 0.3 is 0 Å². The molecule has 4 nitrogen and oxygen atoms in total. The van der Waals surface area contributed by atoms with Crippen LogP contribution in [0.4, 0.5) is 0 Å². The van der Waals surface area contributed by atoms with E-state index in [0.717, 1.165) is 51.1 Å². The number of nitrogens with zero attached hydrogens (tertiary/aromatic N) is 1. The van der Waals surface area contributed by atoms with Crippen LogP contribution in [0.2, 0.25) is 0 Å². The molecule has 0 aromatic heterocycles. The average Bonchev–Trinajstić information content (AvgIpc) is 3.23. The van der Waals surface area contributed by atoms with Crippen molar-refractivity contribution >= 4 is 18.3 Å². The van der Waals surface area contributed by atoms with Crippen LogP contribution in [0.5, 0.6) is 5.75 Å². The Kier molecular flexibility index (Phi) is 7.38. The third kappa shape index (κ3) is 4.64. The van der Waals surface area contributed by atoms with Crippen molar-refractivity contribution < 1.29 is 9.53 Å². The molecule has 24 heavy (non-hydrogen) atoms. The first-order valence-corrected chi connectivity index (χ1v) is 8.96. The molecule has 1 N–H and O–H groups in total. The molecule has 0 saturated heterocycles. The summed E-state index contributed by atoms with van der Waals surface area (Å²) in [5.41, 5.74) is 2.53. The molecule has 1 aliphatic heterocycles. The maximum atomic E-state index is 12.7. The van der Waals surface area contributed by atoms with Crippen molar-refractivity contribution in [2.24, 2.45) is 0 Å². The first-order chi connectivity index (χ1) is 11.3. The Morgan fingerprint density at radius 2 is 2.12 bits per heavy atom. The van der Waals surface area contributed by atoms with Crippen molar-refractivity contribution in [3.8, 4) is 5.75 Å². The van der Waals surface area contributed by atoms with Gasteiger partial charge in [-0.1, -0.05) is 25.0 Å². The zero-order chi connectivity index (χ0) is 16.1. The maximum absolute atomic E-state index is 12.7. The first-order valence-electron chi connectivity index (χ1n) is 8.96. The van der Waals surface area contributed by atoms with Crippen LogP contribution in [0, 0.1) is 0 Å². The number of hydrogen-bond acceptors (Lipinski definition) is 3. The van der Waals surface area contributed by atoms with Crippen molar-refractivity contribution in [1.82, 2.24) is 10.2 Å². The van der Waals surface area contributed by atoms with Crippen LogP contribution in [-0.2, 0) is 17.8 Å². The molecule has 134 valence electrons. The molecule has 0 spiro atoms. The summed E-state index contributed by atoms with van der Waals surface area (Å²) in [5, 5.41) is 3.12. The van der Waals surface area contributed by atoms with Gasteiger partial charge in [0.15, 0.2) is 0 Å². The number of carbonyl (C=O) groups is 1. The lowest BCUT2D eigenvalue weighted by atomic mass is 10.1. The fraction of sp³-hybridized carbons (Fsp3) is 0.632. The smallest absolute Gasteiger partial charge is 0.223 e. The Labute approximate surface area is 151 Å². The molecule has 3 rings (SSSR count). The second-order valence-electron chi connectivity index (χ2n) is 6.71. The molecule has 0 atom stereocenters. The first kappa shape index (κ1) is 19.1. The van der Waals surface area contributed by atoms with Crippen LogP contribution in [0.3, 0.4) is 0 Å². The monoisotopic (exact) mass is 352 g/mol. The van der Waals surface area contributed by atoms with Crippen LogP contribution >= 0.6 is 12.4 Å². The standard InChI is InChI=1S/C19H28N2O2.ClH/c1-20-11-4-7-19(22)21(17-5-2-3-6-17)14-15-8-9-18-16(13-15)10-12-23-18;/h8-9,13,17,20H,2-7,10-12,14H2,1H3;1H. The van der Waals surface area contributed by atoms with E-state index in [1.54, 1.807) is 0 Å². The number of ether oxygens (including phenoxy) is 1. The molecular weight excluding hydrogens is 324 g/mol. The zero-order valence-electron chi connectivity index (χ0n) is 14.6. The van der Waals surface area contributed by atoms with E-state index >= 15 is 0 Å². The van der Waals surface area contributed by atoms with Crippen LogP contribution in [0.25, 0.3) is 0 Å². The molecule has 1 fully saturated rings. The molecule has 1 heterocycles. The van der Waals surface area contributed by atoms with E-state index in [-0.39, 0.29) is 12.4 Å². The number of amides is 1. The Hall–Kier alpha value is -1.26. The van der Waals surface area contributed by atoms with E-state index < -0.39 is 0 Å². The van der Waals surface area contributed by atoms with Crippen molar-refractivity contribution in [2.75, 3.05) is 20.2 Å². The number of halogens is 1. The number of rotatable bonds is 7. The van der Waals surface area contributed by atoms with Gasteiger partial charge in [0, 0.05) is 25.4 Å². The highest BCUT2D eigenvalue weighted by Crippen LogP contribution is 2.29. The SMILES string of the molecule is CNCCCC(=O)N(Cc1ccc2c(c1)CCO2)C1CCCC1.Cl. The van der Waals surface area contributed by atoms with Crippen LogP contribution in [0.1, 0.15) is 49.7 Å². The van der Waals surface area contributed by atoms with Crippen LogP contribution in [0.15, 0.2) is 18.2 Å². The summed E-state index contributed by atoms with van der Waals surface area (Å²) in [4.78, 5) is 14.9. The quantitative estimate of drug-likeness (QED) is 0.765. The van der Waals surface area contributed by atoms with Crippen molar-refractivity contribution in [3.05, 3.63) is 29.3 Å². The van der Waals surface area contributed by atoms with E-state index in [1.807, 2.05) is 7.05 Å². The van der Waals surface area contributed by atoms with Gasteiger partial charge in [-0.05, 0) is 50.0 Å². The van der Waals surface area contributed by atoms with Gasteiger partial charge in [0.05, 0.1) is 6.61 Å². The van der Waals surface area contributed by atoms with E-state index in [9.17, 15) is 4.79 Å². The summed E-state index contributed by atoms with van der Waals surface area (Å²) < 4.78 is 5.58. The lowest BCUT2D eigenvalue weighted by Crippen LogP contribution is -2.38. The Morgan fingerprint density at radius 1 is 1.33 bits per heavy atom. The largest absolute Gasteiger partial charge is 0.493 e. The molecule has 2 aliphatic rings. The van der Waals surface area contributed by atoms with Gasteiger partial charge < -0.3 is 15.0 Å². The van der Waals surface area contributed by atoms with E-state index in [2.05, 4.69) is 28.4 Å². The van der Waals surface area contributed by atoms with Gasteiger partial charge in [0.2, 0.25) is 5.91 Å². The molecule has 0 radical (unpaired) electrons.